The maximum absolute atomic E-state index is 13.6. The summed E-state index contributed by atoms with van der Waals surface area (Å²) in [5.41, 5.74) is -0.562. The molecule has 1 fully saturated rings. The number of nitrogens with one attached hydrogen (secondary N) is 1. The van der Waals surface area contributed by atoms with Crippen LogP contribution in [0.3, 0.4) is 0 Å². The minimum absolute atomic E-state index is 0.0412. The van der Waals surface area contributed by atoms with E-state index in [1.54, 1.807) is 24.3 Å². The number of pyridine rings is 1. The van der Waals surface area contributed by atoms with Gasteiger partial charge in [-0.25, -0.2) is 4.39 Å². The largest absolute Gasteiger partial charge is 0.488 e. The molecular weight excluding hydrogens is 347 g/mol. The number of aromatic nitrogens is 1. The van der Waals surface area contributed by atoms with Crippen LogP contribution >= 0.6 is 11.6 Å². The van der Waals surface area contributed by atoms with Crippen LogP contribution in [-0.4, -0.2) is 40.3 Å². The Labute approximate surface area is 150 Å². The van der Waals surface area contributed by atoms with Crippen molar-refractivity contribution in [3.05, 3.63) is 63.3 Å². The van der Waals surface area contributed by atoms with Gasteiger partial charge in [0.1, 0.15) is 12.2 Å². The number of ether oxygens (including phenoxy) is 1. The Morgan fingerprint density at radius 1 is 1.32 bits per heavy atom. The molecule has 1 saturated heterocycles. The molecule has 0 bridgehead atoms. The Morgan fingerprint density at radius 3 is 2.76 bits per heavy atom. The van der Waals surface area contributed by atoms with E-state index in [4.69, 9.17) is 16.3 Å². The summed E-state index contributed by atoms with van der Waals surface area (Å²) in [6, 6.07) is 7.80. The molecule has 134 valence electrons. The highest BCUT2D eigenvalue weighted by Crippen LogP contribution is 2.25. The topological polar surface area (TPSA) is 65.6 Å². The number of aliphatic hydroxyl groups is 1. The number of piperidine rings is 1. The van der Waals surface area contributed by atoms with E-state index < -0.39 is 11.4 Å². The predicted octanol–water partition coefficient (Wildman–Crippen LogP) is 2.57. The molecule has 3 rings (SSSR count). The van der Waals surface area contributed by atoms with Crippen molar-refractivity contribution >= 4 is 11.6 Å². The average Bonchev–Trinajstić information content (AvgIpc) is 2.60. The Morgan fingerprint density at radius 2 is 2.04 bits per heavy atom. The molecule has 0 saturated carbocycles. The van der Waals surface area contributed by atoms with Crippen molar-refractivity contribution in [2.45, 2.75) is 25.0 Å². The summed E-state index contributed by atoms with van der Waals surface area (Å²) in [4.78, 5) is 16.5. The number of halogens is 2. The highest BCUT2D eigenvalue weighted by Gasteiger charge is 2.33. The van der Waals surface area contributed by atoms with Gasteiger partial charge in [0.05, 0.1) is 5.02 Å². The fraction of sp³-hybridized carbons (Fsp3) is 0.389. The van der Waals surface area contributed by atoms with Gasteiger partial charge in [0, 0.05) is 31.4 Å². The first kappa shape index (κ1) is 17.9. The summed E-state index contributed by atoms with van der Waals surface area (Å²) >= 11 is 5.92. The minimum Gasteiger partial charge on any atom is -0.488 e. The van der Waals surface area contributed by atoms with Crippen LogP contribution < -0.4 is 10.3 Å². The van der Waals surface area contributed by atoms with Gasteiger partial charge in [0.25, 0.3) is 5.56 Å². The number of para-hydroxylation sites is 1. The van der Waals surface area contributed by atoms with Crippen molar-refractivity contribution in [2.75, 3.05) is 19.7 Å². The number of likely N-dealkylation sites (tertiary alicyclic amines) is 1. The average molecular weight is 367 g/mol. The van der Waals surface area contributed by atoms with Gasteiger partial charge >= 0.3 is 0 Å². The summed E-state index contributed by atoms with van der Waals surface area (Å²) in [7, 11) is 0. The third-order valence-electron chi connectivity index (χ3n) is 4.46. The van der Waals surface area contributed by atoms with Gasteiger partial charge in [-0.05, 0) is 31.0 Å². The van der Waals surface area contributed by atoms with Crippen LogP contribution in [0.2, 0.25) is 5.02 Å². The highest BCUT2D eigenvalue weighted by molar-refractivity contribution is 6.30. The Balaban J connectivity index is 1.54. The van der Waals surface area contributed by atoms with Gasteiger partial charge in [-0.2, -0.15) is 0 Å². The summed E-state index contributed by atoms with van der Waals surface area (Å²) in [5, 5.41) is 11.1. The molecule has 0 aliphatic carbocycles. The second-order valence-electron chi connectivity index (χ2n) is 6.39. The quantitative estimate of drug-likeness (QED) is 0.853. The number of nitrogens with zero attached hydrogens (tertiary/aromatic N) is 1. The molecule has 0 atom stereocenters. The SMILES string of the molecule is O=c1[nH]cc(Cl)cc1CN1CCC(O)(COc2ccccc2F)CC1. The lowest BCUT2D eigenvalue weighted by Gasteiger charge is -2.37. The van der Waals surface area contributed by atoms with Gasteiger partial charge in [0.2, 0.25) is 0 Å². The second-order valence-corrected chi connectivity index (χ2v) is 6.83. The number of H-pyrrole nitrogens is 1. The van der Waals surface area contributed by atoms with Crippen LogP contribution in [-0.2, 0) is 6.54 Å². The van der Waals surface area contributed by atoms with Crippen LogP contribution in [0, 0.1) is 5.82 Å². The number of hydrogen-bond donors (Lipinski definition) is 2. The van der Waals surface area contributed by atoms with E-state index in [-0.39, 0.29) is 17.9 Å². The highest BCUT2D eigenvalue weighted by atomic mass is 35.5. The van der Waals surface area contributed by atoms with E-state index in [0.29, 0.717) is 43.1 Å². The Hall–Kier alpha value is -1.89. The molecule has 2 aromatic rings. The molecule has 0 radical (unpaired) electrons. The van der Waals surface area contributed by atoms with Crippen molar-refractivity contribution < 1.29 is 14.2 Å². The molecule has 0 amide bonds. The first-order valence-corrected chi connectivity index (χ1v) is 8.52. The smallest absolute Gasteiger partial charge is 0.252 e. The minimum atomic E-state index is -1.00. The van der Waals surface area contributed by atoms with Crippen molar-refractivity contribution in [1.82, 2.24) is 9.88 Å². The summed E-state index contributed by atoms with van der Waals surface area (Å²) < 4.78 is 19.0. The van der Waals surface area contributed by atoms with Crippen LogP contribution in [0.25, 0.3) is 0 Å². The summed E-state index contributed by atoms with van der Waals surface area (Å²) in [6.45, 7) is 1.74. The van der Waals surface area contributed by atoms with Crippen molar-refractivity contribution in [3.63, 3.8) is 0 Å². The third kappa shape index (κ3) is 4.60. The van der Waals surface area contributed by atoms with Crippen molar-refractivity contribution in [1.29, 1.82) is 0 Å². The standard InChI is InChI=1S/C18H20ClFN2O3/c19-14-9-13(17(23)21-10-14)11-22-7-5-18(24,6-8-22)12-25-16-4-2-1-3-15(16)20/h1-4,9-10,24H,5-8,11-12H2,(H,21,23). The van der Waals surface area contributed by atoms with Gasteiger partial charge < -0.3 is 14.8 Å². The maximum Gasteiger partial charge on any atom is 0.252 e. The lowest BCUT2D eigenvalue weighted by molar-refractivity contribution is -0.0544. The number of benzene rings is 1. The van der Waals surface area contributed by atoms with E-state index in [2.05, 4.69) is 9.88 Å². The zero-order valence-corrected chi connectivity index (χ0v) is 14.4. The molecule has 2 heterocycles. The fourth-order valence-electron chi connectivity index (χ4n) is 2.90. The summed E-state index contributed by atoms with van der Waals surface area (Å²) in [6.07, 6.45) is 2.43. The molecule has 1 aromatic carbocycles. The van der Waals surface area contributed by atoms with Gasteiger partial charge in [-0.1, -0.05) is 23.7 Å². The Bertz CT molecular complexity index is 788. The van der Waals surface area contributed by atoms with E-state index in [0.717, 1.165) is 0 Å². The molecule has 1 aliphatic rings. The summed E-state index contributed by atoms with van der Waals surface area (Å²) in [5.74, 6) is -0.299. The molecule has 1 aromatic heterocycles. The molecule has 0 unspecified atom stereocenters. The monoisotopic (exact) mass is 366 g/mol. The zero-order chi connectivity index (χ0) is 17.9. The Kier molecular flexibility index (Phi) is 5.42. The molecule has 7 heteroatoms. The van der Waals surface area contributed by atoms with Crippen molar-refractivity contribution in [2.24, 2.45) is 0 Å². The fourth-order valence-corrected chi connectivity index (χ4v) is 3.09. The third-order valence-corrected chi connectivity index (χ3v) is 4.68. The van der Waals surface area contributed by atoms with E-state index in [1.165, 1.54) is 12.3 Å². The normalized spacial score (nSPS) is 17.4. The van der Waals surface area contributed by atoms with Gasteiger partial charge in [0.15, 0.2) is 11.6 Å². The first-order valence-electron chi connectivity index (χ1n) is 8.14. The molecule has 2 N–H and O–H groups in total. The van der Waals surface area contributed by atoms with Gasteiger partial charge in [-0.3, -0.25) is 9.69 Å². The van der Waals surface area contributed by atoms with Gasteiger partial charge in [-0.15, -0.1) is 0 Å². The lowest BCUT2D eigenvalue weighted by atomic mass is 9.92. The van der Waals surface area contributed by atoms with Crippen LogP contribution in [0.5, 0.6) is 5.75 Å². The predicted molar refractivity (Wildman–Crippen MR) is 93.4 cm³/mol. The molecule has 1 aliphatic heterocycles. The number of hydrogen-bond acceptors (Lipinski definition) is 4. The van der Waals surface area contributed by atoms with Crippen LogP contribution in [0.15, 0.2) is 41.3 Å². The number of aromatic amines is 1. The molecule has 0 spiro atoms. The van der Waals surface area contributed by atoms with Crippen LogP contribution in [0.1, 0.15) is 18.4 Å². The second kappa shape index (κ2) is 7.56. The van der Waals surface area contributed by atoms with E-state index >= 15 is 0 Å². The lowest BCUT2D eigenvalue weighted by Crippen LogP contribution is -2.47. The van der Waals surface area contributed by atoms with Crippen LogP contribution in [0.4, 0.5) is 4.39 Å². The maximum atomic E-state index is 13.6. The van der Waals surface area contributed by atoms with E-state index in [1.807, 2.05) is 0 Å². The number of rotatable bonds is 5. The molecule has 5 nitrogen and oxygen atoms in total. The zero-order valence-electron chi connectivity index (χ0n) is 13.7. The van der Waals surface area contributed by atoms with E-state index in [9.17, 15) is 14.3 Å². The molecule has 25 heavy (non-hydrogen) atoms. The molecular formula is C18H20ClFN2O3. The first-order chi connectivity index (χ1) is 12.0. The van der Waals surface area contributed by atoms with Crippen molar-refractivity contribution in [3.8, 4) is 5.75 Å².